The first kappa shape index (κ1) is 22.0. The zero-order valence-electron chi connectivity index (χ0n) is 16.2. The highest BCUT2D eigenvalue weighted by Crippen LogP contribution is 2.37. The number of benzene rings is 3. The van der Waals surface area contributed by atoms with Gasteiger partial charge in [-0.2, -0.15) is 0 Å². The Kier molecular flexibility index (Phi) is 7.84. The van der Waals surface area contributed by atoms with Gasteiger partial charge < -0.3 is 14.8 Å². The standard InChI is InChI=1S/C23H22BrCl2NO2/c1-15(18-6-4-3-5-7-18)27-13-17-10-19(24)23(22(12-17)28-2)29-14-16-8-9-20(25)21(26)11-16/h3-12,15,27H,13-14H2,1-2H3/t15-/m0/s1. The molecule has 6 heteroatoms. The minimum atomic E-state index is 0.242. The van der Waals surface area contributed by atoms with Crippen LogP contribution in [0.5, 0.6) is 11.5 Å². The Bertz CT molecular complexity index is 967. The van der Waals surface area contributed by atoms with Crippen molar-refractivity contribution in [2.45, 2.75) is 26.1 Å². The monoisotopic (exact) mass is 493 g/mol. The predicted molar refractivity (Wildman–Crippen MR) is 123 cm³/mol. The average Bonchev–Trinajstić information content (AvgIpc) is 2.73. The third-order valence-corrected chi connectivity index (χ3v) is 5.90. The van der Waals surface area contributed by atoms with Crippen LogP contribution in [-0.4, -0.2) is 7.11 Å². The van der Waals surface area contributed by atoms with Crippen LogP contribution in [0.15, 0.2) is 65.1 Å². The minimum absolute atomic E-state index is 0.242. The Balaban J connectivity index is 1.69. The zero-order valence-corrected chi connectivity index (χ0v) is 19.3. The Hall–Kier alpha value is -1.72. The first-order valence-electron chi connectivity index (χ1n) is 9.19. The van der Waals surface area contributed by atoms with Crippen LogP contribution in [0, 0.1) is 0 Å². The molecule has 0 aliphatic rings. The van der Waals surface area contributed by atoms with Gasteiger partial charge in [0.15, 0.2) is 11.5 Å². The smallest absolute Gasteiger partial charge is 0.175 e. The summed E-state index contributed by atoms with van der Waals surface area (Å²) < 4.78 is 12.4. The molecule has 0 saturated heterocycles. The fourth-order valence-electron chi connectivity index (χ4n) is 2.93. The molecule has 0 bridgehead atoms. The van der Waals surface area contributed by atoms with E-state index in [0.29, 0.717) is 34.7 Å². The fourth-order valence-corrected chi connectivity index (χ4v) is 3.86. The Labute approximate surface area is 190 Å². The van der Waals surface area contributed by atoms with E-state index in [1.807, 2.05) is 36.4 Å². The van der Waals surface area contributed by atoms with E-state index in [0.717, 1.165) is 15.6 Å². The van der Waals surface area contributed by atoms with Gasteiger partial charge in [0.05, 0.1) is 21.6 Å². The van der Waals surface area contributed by atoms with Gasteiger partial charge >= 0.3 is 0 Å². The third-order valence-electron chi connectivity index (χ3n) is 4.57. The van der Waals surface area contributed by atoms with Crippen molar-refractivity contribution in [3.8, 4) is 11.5 Å². The van der Waals surface area contributed by atoms with Gasteiger partial charge in [0, 0.05) is 12.6 Å². The van der Waals surface area contributed by atoms with Crippen LogP contribution in [0.2, 0.25) is 10.0 Å². The van der Waals surface area contributed by atoms with Crippen LogP contribution >= 0.6 is 39.1 Å². The second kappa shape index (κ2) is 10.4. The largest absolute Gasteiger partial charge is 0.493 e. The van der Waals surface area contributed by atoms with Crippen molar-refractivity contribution in [1.29, 1.82) is 0 Å². The summed E-state index contributed by atoms with van der Waals surface area (Å²) in [5.41, 5.74) is 3.27. The zero-order chi connectivity index (χ0) is 20.8. The van der Waals surface area contributed by atoms with E-state index < -0.39 is 0 Å². The normalized spacial score (nSPS) is 11.9. The molecule has 0 saturated carbocycles. The highest BCUT2D eigenvalue weighted by molar-refractivity contribution is 9.10. The maximum atomic E-state index is 6.08. The third kappa shape index (κ3) is 5.89. The second-order valence-corrected chi connectivity index (χ2v) is 8.33. The molecule has 3 nitrogen and oxygen atoms in total. The Morgan fingerprint density at radius 2 is 1.72 bits per heavy atom. The molecule has 0 fully saturated rings. The lowest BCUT2D eigenvalue weighted by atomic mass is 10.1. The molecule has 0 aliphatic carbocycles. The van der Waals surface area contributed by atoms with Gasteiger partial charge in [0.1, 0.15) is 6.61 Å². The lowest BCUT2D eigenvalue weighted by Crippen LogP contribution is -2.18. The Morgan fingerprint density at radius 1 is 0.966 bits per heavy atom. The van der Waals surface area contributed by atoms with E-state index in [1.165, 1.54) is 5.56 Å². The van der Waals surface area contributed by atoms with Crippen molar-refractivity contribution < 1.29 is 9.47 Å². The summed E-state index contributed by atoms with van der Waals surface area (Å²) in [4.78, 5) is 0. The Morgan fingerprint density at radius 3 is 2.41 bits per heavy atom. The quantitative estimate of drug-likeness (QED) is 0.359. The van der Waals surface area contributed by atoms with E-state index in [1.54, 1.807) is 19.2 Å². The summed E-state index contributed by atoms with van der Waals surface area (Å²) in [7, 11) is 1.64. The van der Waals surface area contributed by atoms with Gasteiger partial charge in [-0.05, 0) is 63.8 Å². The van der Waals surface area contributed by atoms with Gasteiger partial charge in [0.25, 0.3) is 0 Å². The minimum Gasteiger partial charge on any atom is -0.493 e. The molecule has 0 aromatic heterocycles. The highest BCUT2D eigenvalue weighted by atomic mass is 79.9. The van der Waals surface area contributed by atoms with Crippen LogP contribution in [0.25, 0.3) is 0 Å². The van der Waals surface area contributed by atoms with Crippen LogP contribution in [0.4, 0.5) is 0 Å². The summed E-state index contributed by atoms with van der Waals surface area (Å²) in [5.74, 6) is 1.32. The van der Waals surface area contributed by atoms with E-state index in [4.69, 9.17) is 32.7 Å². The van der Waals surface area contributed by atoms with E-state index in [2.05, 4.69) is 40.3 Å². The van der Waals surface area contributed by atoms with Gasteiger partial charge in [-0.1, -0.05) is 59.6 Å². The van der Waals surface area contributed by atoms with Crippen molar-refractivity contribution in [3.05, 3.63) is 91.9 Å². The van der Waals surface area contributed by atoms with E-state index in [-0.39, 0.29) is 6.04 Å². The summed E-state index contributed by atoms with van der Waals surface area (Å²) >= 11 is 15.7. The highest BCUT2D eigenvalue weighted by Gasteiger charge is 2.13. The lowest BCUT2D eigenvalue weighted by molar-refractivity contribution is 0.282. The molecule has 29 heavy (non-hydrogen) atoms. The second-order valence-electron chi connectivity index (χ2n) is 6.66. The van der Waals surface area contributed by atoms with Crippen LogP contribution < -0.4 is 14.8 Å². The predicted octanol–water partition coefficient (Wildman–Crippen LogP) is 7.19. The molecule has 0 aliphatic heterocycles. The summed E-state index contributed by atoms with van der Waals surface area (Å²) in [6.45, 7) is 3.21. The number of halogens is 3. The maximum absolute atomic E-state index is 6.08. The molecular weight excluding hydrogens is 473 g/mol. The number of nitrogens with one attached hydrogen (secondary N) is 1. The summed E-state index contributed by atoms with van der Waals surface area (Å²) in [6.07, 6.45) is 0. The topological polar surface area (TPSA) is 30.5 Å². The summed E-state index contributed by atoms with van der Waals surface area (Å²) in [6, 6.07) is 20.1. The molecule has 0 radical (unpaired) electrons. The molecule has 152 valence electrons. The van der Waals surface area contributed by atoms with Crippen molar-refractivity contribution in [2.24, 2.45) is 0 Å². The molecular formula is C23H22BrCl2NO2. The lowest BCUT2D eigenvalue weighted by Gasteiger charge is -2.17. The summed E-state index contributed by atoms with van der Waals surface area (Å²) in [5, 5.41) is 4.57. The van der Waals surface area contributed by atoms with E-state index >= 15 is 0 Å². The van der Waals surface area contributed by atoms with Crippen LogP contribution in [0.3, 0.4) is 0 Å². The number of rotatable bonds is 8. The van der Waals surface area contributed by atoms with Gasteiger partial charge in [-0.25, -0.2) is 0 Å². The van der Waals surface area contributed by atoms with Gasteiger partial charge in [0.2, 0.25) is 0 Å². The molecule has 3 aromatic rings. The van der Waals surface area contributed by atoms with Crippen molar-refractivity contribution in [2.75, 3.05) is 7.11 Å². The maximum Gasteiger partial charge on any atom is 0.175 e. The molecule has 1 atom stereocenters. The molecule has 0 spiro atoms. The molecule has 1 N–H and O–H groups in total. The number of ether oxygens (including phenoxy) is 2. The first-order valence-corrected chi connectivity index (χ1v) is 10.7. The van der Waals surface area contributed by atoms with Crippen LogP contribution in [0.1, 0.15) is 29.7 Å². The van der Waals surface area contributed by atoms with Crippen molar-refractivity contribution in [3.63, 3.8) is 0 Å². The number of hydrogen-bond donors (Lipinski definition) is 1. The molecule has 0 unspecified atom stereocenters. The molecule has 0 heterocycles. The number of hydrogen-bond acceptors (Lipinski definition) is 3. The molecule has 3 rings (SSSR count). The average molecular weight is 495 g/mol. The van der Waals surface area contributed by atoms with E-state index in [9.17, 15) is 0 Å². The number of methoxy groups -OCH3 is 1. The van der Waals surface area contributed by atoms with Gasteiger partial charge in [-0.15, -0.1) is 0 Å². The van der Waals surface area contributed by atoms with Crippen molar-refractivity contribution in [1.82, 2.24) is 5.32 Å². The first-order chi connectivity index (χ1) is 14.0. The van der Waals surface area contributed by atoms with Crippen LogP contribution in [-0.2, 0) is 13.2 Å². The molecule has 3 aromatic carbocycles. The van der Waals surface area contributed by atoms with Gasteiger partial charge in [-0.3, -0.25) is 0 Å². The fraction of sp³-hybridized carbons (Fsp3) is 0.217. The SMILES string of the molecule is COc1cc(CN[C@@H](C)c2ccccc2)cc(Br)c1OCc1ccc(Cl)c(Cl)c1. The molecule has 0 amide bonds. The van der Waals surface area contributed by atoms with Crippen molar-refractivity contribution >= 4 is 39.1 Å².